The van der Waals surface area contributed by atoms with Crippen molar-refractivity contribution in [2.75, 3.05) is 5.88 Å². The third-order valence-corrected chi connectivity index (χ3v) is 1.95. The van der Waals surface area contributed by atoms with Gasteiger partial charge in [-0.15, -0.1) is 11.6 Å². The Balaban J connectivity index is 2.12. The molecule has 0 heterocycles. The van der Waals surface area contributed by atoms with E-state index in [1.54, 1.807) is 0 Å². The van der Waals surface area contributed by atoms with Crippen molar-refractivity contribution in [3.8, 4) is 0 Å². The zero-order valence-electron chi connectivity index (χ0n) is 6.33. The predicted molar refractivity (Wildman–Crippen MR) is 46.4 cm³/mol. The van der Waals surface area contributed by atoms with E-state index in [1.807, 2.05) is 25.7 Å². The summed E-state index contributed by atoms with van der Waals surface area (Å²) in [7, 11) is 0. The van der Waals surface area contributed by atoms with Gasteiger partial charge in [-0.1, -0.05) is 0 Å². The quantitative estimate of drug-likeness (QED) is 0.640. The summed E-state index contributed by atoms with van der Waals surface area (Å²) in [6, 6.07) is 0. The van der Waals surface area contributed by atoms with E-state index in [1.165, 1.54) is 0 Å². The Morgan fingerprint density at radius 1 is 1.36 bits per heavy atom. The van der Waals surface area contributed by atoms with Gasteiger partial charge in [0.15, 0.2) is 0 Å². The molecule has 1 N–H and O–H groups in total. The Bertz CT molecular complexity index is 99.7. The normalized spacial score (nSPS) is 22.4. The fourth-order valence-corrected chi connectivity index (χ4v) is 1.20. The van der Waals surface area contributed by atoms with Gasteiger partial charge in [0.1, 0.15) is 0 Å². The third kappa shape index (κ3) is 3.00. The second kappa shape index (κ2) is 5.00. The van der Waals surface area contributed by atoms with Crippen LogP contribution in [0.3, 0.4) is 0 Å². The van der Waals surface area contributed by atoms with Crippen LogP contribution in [0.15, 0.2) is 0 Å². The van der Waals surface area contributed by atoms with Crippen molar-refractivity contribution in [3.05, 3.63) is 31.6 Å². The molecule has 1 saturated carbocycles. The van der Waals surface area contributed by atoms with E-state index in [0.29, 0.717) is 5.88 Å². The Hall–Kier alpha value is 0.250. The van der Waals surface area contributed by atoms with Crippen molar-refractivity contribution < 1.29 is 5.11 Å². The molecule has 11 heavy (non-hydrogen) atoms. The summed E-state index contributed by atoms with van der Waals surface area (Å²) in [5.74, 6) is 1.62. The molecule has 1 aliphatic rings. The minimum absolute atomic E-state index is 0.330. The van der Waals surface area contributed by atoms with Crippen LogP contribution in [-0.4, -0.2) is 17.1 Å². The Labute approximate surface area is 73.8 Å². The first-order valence-electron chi connectivity index (χ1n) is 3.80. The van der Waals surface area contributed by atoms with Gasteiger partial charge >= 0.3 is 0 Å². The number of hydrogen-bond donors (Lipinski definition) is 1. The molecular weight excluding hydrogens is 160 g/mol. The second-order valence-corrected chi connectivity index (χ2v) is 2.94. The van der Waals surface area contributed by atoms with Crippen molar-refractivity contribution in [1.82, 2.24) is 0 Å². The van der Waals surface area contributed by atoms with Gasteiger partial charge in [-0.2, -0.15) is 0 Å². The van der Waals surface area contributed by atoms with E-state index in [-0.39, 0.29) is 6.10 Å². The highest BCUT2D eigenvalue weighted by Crippen LogP contribution is 2.28. The van der Waals surface area contributed by atoms with Gasteiger partial charge in [0.2, 0.25) is 0 Å². The van der Waals surface area contributed by atoms with Crippen molar-refractivity contribution in [2.45, 2.75) is 18.9 Å². The zero-order chi connectivity index (χ0) is 8.10. The molecule has 0 saturated heterocycles. The molecule has 0 aliphatic heterocycles. The number of rotatable bonds is 4. The summed E-state index contributed by atoms with van der Waals surface area (Å²) < 4.78 is 0. The highest BCUT2D eigenvalue weighted by atomic mass is 35.5. The third-order valence-electron chi connectivity index (χ3n) is 1.68. The van der Waals surface area contributed by atoms with Gasteiger partial charge in [-0.05, 0) is 38.5 Å². The van der Waals surface area contributed by atoms with E-state index in [4.69, 9.17) is 11.6 Å². The summed E-state index contributed by atoms with van der Waals surface area (Å²) in [5, 5.41) is 9.48. The molecule has 0 aromatic carbocycles. The van der Waals surface area contributed by atoms with Crippen LogP contribution < -0.4 is 0 Å². The summed E-state index contributed by atoms with van der Waals surface area (Å²) >= 11 is 5.50. The van der Waals surface area contributed by atoms with Crippen LogP contribution in [0.4, 0.5) is 0 Å². The standard InChI is InChI=1S/C9H12ClO/c10-7-3-6-9(11)8-4-1-2-5-8/h1-2,4-5,9,11H,3,6-7H2/t9-/m1/s1. The largest absolute Gasteiger partial charge is 0.393 e. The predicted octanol–water partition coefficient (Wildman–Crippen LogP) is 1.77. The number of aliphatic hydroxyl groups excluding tert-OH is 1. The summed E-state index contributed by atoms with van der Waals surface area (Å²) in [5.41, 5.74) is 0. The molecule has 0 spiro atoms. The minimum Gasteiger partial charge on any atom is -0.393 e. The van der Waals surface area contributed by atoms with Crippen LogP contribution in [0.1, 0.15) is 12.8 Å². The number of aliphatic hydroxyl groups is 1. The maximum absolute atomic E-state index is 9.48. The van der Waals surface area contributed by atoms with Gasteiger partial charge in [0, 0.05) is 11.8 Å². The van der Waals surface area contributed by atoms with E-state index < -0.39 is 0 Å². The molecule has 1 atom stereocenters. The number of hydrogen-bond acceptors (Lipinski definition) is 1. The van der Waals surface area contributed by atoms with Crippen LogP contribution in [0.2, 0.25) is 0 Å². The van der Waals surface area contributed by atoms with Crippen molar-refractivity contribution in [3.63, 3.8) is 0 Å². The van der Waals surface area contributed by atoms with Gasteiger partial charge < -0.3 is 5.11 Å². The summed E-state index contributed by atoms with van der Waals surface area (Å²) in [6.45, 7) is 0. The lowest BCUT2D eigenvalue weighted by molar-refractivity contribution is 0.185. The van der Waals surface area contributed by atoms with Crippen molar-refractivity contribution in [2.24, 2.45) is 0 Å². The lowest BCUT2D eigenvalue weighted by Gasteiger charge is -2.15. The maximum atomic E-state index is 9.48. The topological polar surface area (TPSA) is 20.2 Å². The van der Waals surface area contributed by atoms with Gasteiger partial charge in [-0.3, -0.25) is 0 Å². The second-order valence-electron chi connectivity index (χ2n) is 2.57. The van der Waals surface area contributed by atoms with E-state index >= 15 is 0 Å². The molecule has 0 amide bonds. The van der Waals surface area contributed by atoms with Gasteiger partial charge in [0.25, 0.3) is 0 Å². The summed E-state index contributed by atoms with van der Waals surface area (Å²) in [6.07, 6.45) is 9.02. The van der Waals surface area contributed by atoms with E-state index in [0.717, 1.165) is 18.8 Å². The van der Waals surface area contributed by atoms with Gasteiger partial charge in [0.05, 0.1) is 6.10 Å². The lowest BCUT2D eigenvalue weighted by atomic mass is 9.97. The molecule has 1 nitrogen and oxygen atoms in total. The molecule has 5 radical (unpaired) electrons. The fraction of sp³-hybridized carbons (Fsp3) is 0.444. The van der Waals surface area contributed by atoms with Crippen LogP contribution in [0.5, 0.6) is 0 Å². The van der Waals surface area contributed by atoms with Crippen LogP contribution in [0, 0.1) is 31.6 Å². The Morgan fingerprint density at radius 2 is 2.00 bits per heavy atom. The molecule has 61 valence electrons. The zero-order valence-corrected chi connectivity index (χ0v) is 7.09. The van der Waals surface area contributed by atoms with Crippen LogP contribution >= 0.6 is 11.6 Å². The maximum Gasteiger partial charge on any atom is 0.0609 e. The lowest BCUT2D eigenvalue weighted by Crippen LogP contribution is -2.16. The first-order valence-corrected chi connectivity index (χ1v) is 4.33. The van der Waals surface area contributed by atoms with Gasteiger partial charge in [-0.25, -0.2) is 0 Å². The molecule has 1 aliphatic carbocycles. The molecule has 0 aromatic rings. The first kappa shape index (κ1) is 9.34. The van der Waals surface area contributed by atoms with Crippen LogP contribution in [-0.2, 0) is 0 Å². The average molecular weight is 172 g/mol. The highest BCUT2D eigenvalue weighted by molar-refractivity contribution is 6.17. The molecule has 1 rings (SSSR count). The Kier molecular flexibility index (Phi) is 4.24. The smallest absolute Gasteiger partial charge is 0.0609 e. The SMILES string of the molecule is O[C@H](CCCCl)[C]1[CH][CH][CH][CH]1. The minimum atomic E-state index is -0.330. The van der Waals surface area contributed by atoms with E-state index in [2.05, 4.69) is 0 Å². The van der Waals surface area contributed by atoms with Crippen LogP contribution in [0.25, 0.3) is 0 Å². The molecule has 0 aromatic heterocycles. The number of halogens is 1. The monoisotopic (exact) mass is 171 g/mol. The van der Waals surface area contributed by atoms with Crippen molar-refractivity contribution in [1.29, 1.82) is 0 Å². The van der Waals surface area contributed by atoms with Crippen molar-refractivity contribution >= 4 is 11.6 Å². The van der Waals surface area contributed by atoms with E-state index in [9.17, 15) is 5.11 Å². The molecule has 0 unspecified atom stereocenters. The fourth-order valence-electron chi connectivity index (χ4n) is 1.05. The summed E-state index contributed by atoms with van der Waals surface area (Å²) in [4.78, 5) is 0. The first-order chi connectivity index (χ1) is 5.34. The molecule has 0 bridgehead atoms. The highest BCUT2D eigenvalue weighted by Gasteiger charge is 2.23. The molecular formula is C9H12ClO. The number of alkyl halides is 1. The molecule has 1 fully saturated rings. The Morgan fingerprint density at radius 3 is 2.55 bits per heavy atom. The average Bonchev–Trinajstić information content (AvgIpc) is 2.52. The molecule has 2 heteroatoms.